The topological polar surface area (TPSA) is 0 Å². The van der Waals surface area contributed by atoms with E-state index in [4.69, 9.17) is 0 Å². The van der Waals surface area contributed by atoms with Gasteiger partial charge in [-0.1, -0.05) is 0 Å². The van der Waals surface area contributed by atoms with Crippen molar-refractivity contribution in [2.75, 3.05) is 0 Å². The summed E-state index contributed by atoms with van der Waals surface area (Å²) < 4.78 is 0. The van der Waals surface area contributed by atoms with Crippen LogP contribution in [0.2, 0.25) is 0 Å². The van der Waals surface area contributed by atoms with Crippen LogP contribution in [0.3, 0.4) is 0 Å². The summed E-state index contributed by atoms with van der Waals surface area (Å²) in [6, 6.07) is 32.5. The Balaban J connectivity index is 2.45. The normalized spacial score (nSPS) is 13.5. The van der Waals surface area contributed by atoms with E-state index < -0.39 is 5.31 Å². The Labute approximate surface area is 152 Å². The minimum absolute atomic E-state index is 1.01. The van der Waals surface area contributed by atoms with Crippen molar-refractivity contribution in [3.05, 3.63) is 103 Å². The Morgan fingerprint density at radius 1 is 0.667 bits per heavy atom. The first-order chi connectivity index (χ1) is 11.7. The molecule has 0 aromatic heterocycles. The molecular formula is C22H22BrP. The van der Waals surface area contributed by atoms with Crippen LogP contribution in [0.4, 0.5) is 0 Å². The number of hydrogen-bond donors (Lipinski definition) is 0. The van der Waals surface area contributed by atoms with Gasteiger partial charge >= 0.3 is 153 Å². The Kier molecular flexibility index (Phi) is 5.04. The molecule has 0 heterocycles. The van der Waals surface area contributed by atoms with Gasteiger partial charge < -0.3 is 0 Å². The molecule has 0 spiro atoms. The quantitative estimate of drug-likeness (QED) is 0.481. The van der Waals surface area contributed by atoms with E-state index in [2.05, 4.69) is 125 Å². The zero-order valence-electron chi connectivity index (χ0n) is 13.8. The van der Waals surface area contributed by atoms with Crippen molar-refractivity contribution in [3.63, 3.8) is 0 Å². The SMILES string of the molecule is CC/C=C/P(Br)(c1ccccc1)(c1ccccc1)c1ccccc1. The monoisotopic (exact) mass is 396 g/mol. The molecule has 3 aromatic carbocycles. The van der Waals surface area contributed by atoms with Crippen LogP contribution in [0.15, 0.2) is 103 Å². The summed E-state index contributed by atoms with van der Waals surface area (Å²) in [6.45, 7) is 2.19. The zero-order chi connectivity index (χ0) is 16.9. The van der Waals surface area contributed by atoms with E-state index in [1.807, 2.05) is 0 Å². The summed E-state index contributed by atoms with van der Waals surface area (Å²) in [6.07, 6.45) is 3.30. The van der Waals surface area contributed by atoms with Crippen molar-refractivity contribution in [1.29, 1.82) is 0 Å². The van der Waals surface area contributed by atoms with Gasteiger partial charge in [0.05, 0.1) is 0 Å². The van der Waals surface area contributed by atoms with Gasteiger partial charge in [0.1, 0.15) is 0 Å². The number of rotatable bonds is 5. The van der Waals surface area contributed by atoms with Gasteiger partial charge in [-0.25, -0.2) is 0 Å². The third-order valence-electron chi connectivity index (χ3n) is 4.40. The predicted molar refractivity (Wildman–Crippen MR) is 114 cm³/mol. The van der Waals surface area contributed by atoms with Crippen molar-refractivity contribution in [3.8, 4) is 0 Å². The van der Waals surface area contributed by atoms with Crippen molar-refractivity contribution >= 4 is 36.7 Å². The van der Waals surface area contributed by atoms with E-state index in [0.29, 0.717) is 0 Å². The van der Waals surface area contributed by atoms with Crippen molar-refractivity contribution in [2.24, 2.45) is 0 Å². The summed E-state index contributed by atoms with van der Waals surface area (Å²) in [5.41, 5.74) is 0. The standard InChI is InChI=1S/C22H22BrP/c1-2-3-19-24(23,20-13-7-4-8-14-20,21-15-9-5-10-16-21)22-17-11-6-12-18-22/h3-19H,2H2,1H3/b19-3+. The Morgan fingerprint density at radius 3 is 1.29 bits per heavy atom. The van der Waals surface area contributed by atoms with Crippen LogP contribution in [-0.4, -0.2) is 0 Å². The first kappa shape index (κ1) is 17.1. The first-order valence-corrected chi connectivity index (χ1v) is 12.6. The fourth-order valence-corrected chi connectivity index (χ4v) is 10.1. The van der Waals surface area contributed by atoms with Gasteiger partial charge in [0.2, 0.25) is 0 Å². The van der Waals surface area contributed by atoms with E-state index >= 15 is 0 Å². The molecule has 3 aromatic rings. The molecule has 24 heavy (non-hydrogen) atoms. The molecule has 0 N–H and O–H groups in total. The van der Waals surface area contributed by atoms with Crippen LogP contribution < -0.4 is 15.9 Å². The third-order valence-corrected chi connectivity index (χ3v) is 13.5. The van der Waals surface area contributed by atoms with Crippen molar-refractivity contribution in [2.45, 2.75) is 13.3 Å². The van der Waals surface area contributed by atoms with Crippen LogP contribution in [0.5, 0.6) is 0 Å². The summed E-state index contributed by atoms with van der Waals surface area (Å²) in [5.74, 6) is 2.42. The second kappa shape index (κ2) is 7.05. The molecule has 0 aliphatic heterocycles. The van der Waals surface area contributed by atoms with Crippen LogP contribution in [0.1, 0.15) is 13.3 Å². The molecule has 0 atom stereocenters. The Hall–Kier alpha value is -1.69. The summed E-state index contributed by atoms with van der Waals surface area (Å²) in [5, 5.41) is 1.15. The number of hydrogen-bond acceptors (Lipinski definition) is 0. The zero-order valence-corrected chi connectivity index (χ0v) is 16.3. The Bertz CT molecular complexity index is 711. The van der Waals surface area contributed by atoms with Crippen LogP contribution in [0.25, 0.3) is 0 Å². The molecule has 0 unspecified atom stereocenters. The van der Waals surface area contributed by atoms with E-state index in [1.165, 1.54) is 15.9 Å². The maximum atomic E-state index is 4.36. The molecular weight excluding hydrogens is 375 g/mol. The van der Waals surface area contributed by atoms with Gasteiger partial charge in [-0.3, -0.25) is 0 Å². The molecule has 0 fully saturated rings. The van der Waals surface area contributed by atoms with Gasteiger partial charge in [0.15, 0.2) is 0 Å². The average Bonchev–Trinajstić information content (AvgIpc) is 2.68. The fraction of sp³-hybridized carbons (Fsp3) is 0.0909. The van der Waals surface area contributed by atoms with Gasteiger partial charge in [0.25, 0.3) is 0 Å². The summed E-state index contributed by atoms with van der Waals surface area (Å²) in [4.78, 5) is 0. The van der Waals surface area contributed by atoms with Crippen LogP contribution in [-0.2, 0) is 0 Å². The fourth-order valence-electron chi connectivity index (χ4n) is 3.17. The van der Waals surface area contributed by atoms with Gasteiger partial charge in [-0.2, -0.15) is 0 Å². The molecule has 0 bridgehead atoms. The molecule has 0 aliphatic rings. The molecule has 3 rings (SSSR count). The first-order valence-electron chi connectivity index (χ1n) is 8.28. The minimum atomic E-state index is -2.82. The van der Waals surface area contributed by atoms with E-state index in [9.17, 15) is 0 Å². The maximum absolute atomic E-state index is 4.36. The second-order valence-electron chi connectivity index (χ2n) is 5.87. The number of allylic oxidation sites excluding steroid dienone is 1. The van der Waals surface area contributed by atoms with Crippen LogP contribution >= 0.6 is 20.8 Å². The number of benzene rings is 3. The molecule has 0 aliphatic carbocycles. The molecule has 0 saturated heterocycles. The molecule has 2 heteroatoms. The van der Waals surface area contributed by atoms with Gasteiger partial charge in [-0.15, -0.1) is 0 Å². The van der Waals surface area contributed by atoms with E-state index in [0.717, 1.165) is 6.42 Å². The second-order valence-corrected chi connectivity index (χ2v) is 14.3. The summed E-state index contributed by atoms with van der Waals surface area (Å²) >= 11 is 4.36. The summed E-state index contributed by atoms with van der Waals surface area (Å²) in [7, 11) is 0. The van der Waals surface area contributed by atoms with Crippen LogP contribution in [0, 0.1) is 0 Å². The van der Waals surface area contributed by atoms with E-state index in [-0.39, 0.29) is 0 Å². The van der Waals surface area contributed by atoms with Gasteiger partial charge in [-0.05, 0) is 0 Å². The molecule has 122 valence electrons. The van der Waals surface area contributed by atoms with E-state index in [1.54, 1.807) is 0 Å². The Morgan fingerprint density at radius 2 is 1.00 bits per heavy atom. The predicted octanol–water partition coefficient (Wildman–Crippen LogP) is 5.75. The molecule has 0 amide bonds. The van der Waals surface area contributed by atoms with Crippen molar-refractivity contribution in [1.82, 2.24) is 0 Å². The van der Waals surface area contributed by atoms with Gasteiger partial charge in [0, 0.05) is 0 Å². The average molecular weight is 397 g/mol. The third kappa shape index (κ3) is 2.77. The molecule has 0 radical (unpaired) electrons. The number of halogens is 1. The molecule has 0 nitrogen and oxygen atoms in total. The molecule has 0 saturated carbocycles. The van der Waals surface area contributed by atoms with Crippen molar-refractivity contribution < 1.29 is 0 Å².